The van der Waals surface area contributed by atoms with Gasteiger partial charge in [-0.15, -0.1) is 0 Å². The largest absolute Gasteiger partial charge is 0.451 e. The zero-order valence-electron chi connectivity index (χ0n) is 16.8. The molecule has 1 saturated heterocycles. The van der Waals surface area contributed by atoms with E-state index in [2.05, 4.69) is 6.92 Å². The lowest BCUT2D eigenvalue weighted by atomic mass is 9.66. The van der Waals surface area contributed by atoms with Crippen molar-refractivity contribution < 1.29 is 23.9 Å². The summed E-state index contributed by atoms with van der Waals surface area (Å²) in [4.78, 5) is 38.3. The third kappa shape index (κ3) is 2.38. The number of carbonyl (C=O) groups is 3. The number of ether oxygens (including phenoxy) is 2. The van der Waals surface area contributed by atoms with E-state index in [0.717, 1.165) is 32.1 Å². The minimum atomic E-state index is -1.25. The number of rotatable bonds is 6. The Balaban J connectivity index is 1.72. The Hall–Kier alpha value is -1.39. The maximum Gasteiger partial charge on any atom is 0.351 e. The molecule has 0 radical (unpaired) electrons. The highest BCUT2D eigenvalue weighted by atomic mass is 16.6. The lowest BCUT2D eigenvalue weighted by Crippen LogP contribution is -2.50. The first-order valence-electron chi connectivity index (χ1n) is 10.0. The summed E-state index contributed by atoms with van der Waals surface area (Å²) < 4.78 is 11.3. The predicted molar refractivity (Wildman–Crippen MR) is 96.3 cm³/mol. The van der Waals surface area contributed by atoms with Crippen LogP contribution < -0.4 is 0 Å². The molecule has 1 heterocycles. The minimum absolute atomic E-state index is 0.0289. The van der Waals surface area contributed by atoms with E-state index in [1.807, 2.05) is 27.7 Å². The molecule has 2 bridgehead atoms. The van der Waals surface area contributed by atoms with Crippen molar-refractivity contribution in [2.24, 2.45) is 16.2 Å². The van der Waals surface area contributed by atoms with Gasteiger partial charge in [0, 0.05) is 10.8 Å². The molecule has 0 aromatic carbocycles. The van der Waals surface area contributed by atoms with Gasteiger partial charge in [0.05, 0.1) is 5.41 Å². The third-order valence-electron chi connectivity index (χ3n) is 7.84. The molecule has 26 heavy (non-hydrogen) atoms. The Morgan fingerprint density at radius 2 is 1.81 bits per heavy atom. The van der Waals surface area contributed by atoms with E-state index in [1.54, 1.807) is 0 Å². The summed E-state index contributed by atoms with van der Waals surface area (Å²) in [7, 11) is 0. The maximum atomic E-state index is 13.0. The monoisotopic (exact) mass is 364 g/mol. The molecule has 3 fully saturated rings. The molecule has 146 valence electrons. The van der Waals surface area contributed by atoms with Crippen LogP contribution in [0.3, 0.4) is 0 Å². The molecule has 0 amide bonds. The van der Waals surface area contributed by atoms with E-state index in [9.17, 15) is 14.4 Å². The normalized spacial score (nSPS) is 40.7. The smallest absolute Gasteiger partial charge is 0.351 e. The van der Waals surface area contributed by atoms with Crippen LogP contribution in [-0.4, -0.2) is 29.4 Å². The van der Waals surface area contributed by atoms with Crippen LogP contribution in [0.1, 0.15) is 86.0 Å². The summed E-state index contributed by atoms with van der Waals surface area (Å²) in [6, 6.07) is 0. The van der Waals surface area contributed by atoms with Crippen LogP contribution in [0.2, 0.25) is 0 Å². The van der Waals surface area contributed by atoms with Crippen LogP contribution in [0, 0.1) is 16.2 Å². The number of hydrogen-bond donors (Lipinski definition) is 0. The molecular formula is C21H32O5. The predicted octanol–water partition coefficient (Wildman–Crippen LogP) is 3.97. The molecule has 2 aliphatic carbocycles. The molecule has 3 aliphatic rings. The van der Waals surface area contributed by atoms with Gasteiger partial charge in [0.15, 0.2) is 11.9 Å². The Labute approximate surface area is 156 Å². The van der Waals surface area contributed by atoms with Gasteiger partial charge < -0.3 is 9.47 Å². The fourth-order valence-electron chi connectivity index (χ4n) is 5.15. The molecule has 5 heteroatoms. The SMILES string of the molecule is CCCCC[C@@]1(C)CC[C@H](OC(=O)C23CCC(C)(C(=O)O2)C3(C)C)C1=O. The fourth-order valence-corrected chi connectivity index (χ4v) is 5.15. The first-order valence-corrected chi connectivity index (χ1v) is 10.0. The average Bonchev–Trinajstić information content (AvgIpc) is 3.02. The van der Waals surface area contributed by atoms with Gasteiger partial charge in [-0.3, -0.25) is 9.59 Å². The summed E-state index contributed by atoms with van der Waals surface area (Å²) in [5, 5.41) is 0. The average molecular weight is 364 g/mol. The summed E-state index contributed by atoms with van der Waals surface area (Å²) in [5.41, 5.74) is -2.95. The molecule has 4 atom stereocenters. The number of esters is 2. The molecule has 5 nitrogen and oxygen atoms in total. The van der Waals surface area contributed by atoms with E-state index in [-0.39, 0.29) is 11.8 Å². The second-order valence-corrected chi connectivity index (χ2v) is 9.49. The summed E-state index contributed by atoms with van der Waals surface area (Å²) in [5.74, 6) is -0.831. The Morgan fingerprint density at radius 1 is 1.12 bits per heavy atom. The van der Waals surface area contributed by atoms with Gasteiger partial charge in [0.2, 0.25) is 5.60 Å². The standard InChI is InChI=1S/C21H32O5/c1-6-7-8-10-19(4)11-9-14(15(19)22)25-17(24)21-13-12-20(5,16(23)26-21)18(21,2)3/h14H,6-13H2,1-5H3/t14-,19-,20?,21?/m0/s1. The highest BCUT2D eigenvalue weighted by Gasteiger charge is 2.76. The molecule has 2 saturated carbocycles. The van der Waals surface area contributed by atoms with Crippen molar-refractivity contribution in [3.05, 3.63) is 0 Å². The lowest BCUT2D eigenvalue weighted by Gasteiger charge is -2.35. The van der Waals surface area contributed by atoms with Crippen LogP contribution in [0.15, 0.2) is 0 Å². The van der Waals surface area contributed by atoms with Crippen molar-refractivity contribution in [2.75, 3.05) is 0 Å². The highest BCUT2D eigenvalue weighted by Crippen LogP contribution is 2.66. The van der Waals surface area contributed by atoms with Crippen molar-refractivity contribution in [1.29, 1.82) is 0 Å². The van der Waals surface area contributed by atoms with E-state index < -0.39 is 33.9 Å². The van der Waals surface area contributed by atoms with Gasteiger partial charge in [-0.1, -0.05) is 47.0 Å². The van der Waals surface area contributed by atoms with Gasteiger partial charge in [-0.05, 0) is 39.0 Å². The van der Waals surface area contributed by atoms with E-state index in [0.29, 0.717) is 19.3 Å². The lowest BCUT2D eigenvalue weighted by molar-refractivity contribution is -0.187. The van der Waals surface area contributed by atoms with Crippen LogP contribution in [0.25, 0.3) is 0 Å². The summed E-state index contributed by atoms with van der Waals surface area (Å²) in [6.45, 7) is 9.80. The Bertz CT molecular complexity index is 638. The summed E-state index contributed by atoms with van der Waals surface area (Å²) >= 11 is 0. The Morgan fingerprint density at radius 3 is 2.35 bits per heavy atom. The quantitative estimate of drug-likeness (QED) is 0.527. The van der Waals surface area contributed by atoms with Gasteiger partial charge in [-0.25, -0.2) is 4.79 Å². The number of ketones is 1. The molecule has 0 spiro atoms. The van der Waals surface area contributed by atoms with Crippen LogP contribution in [0.4, 0.5) is 0 Å². The van der Waals surface area contributed by atoms with Crippen molar-refractivity contribution >= 4 is 17.7 Å². The molecule has 2 unspecified atom stereocenters. The van der Waals surface area contributed by atoms with Crippen LogP contribution >= 0.6 is 0 Å². The summed E-state index contributed by atoms with van der Waals surface area (Å²) in [6.07, 6.45) is 5.78. The first-order chi connectivity index (χ1) is 12.0. The van der Waals surface area contributed by atoms with Crippen LogP contribution in [0.5, 0.6) is 0 Å². The maximum absolute atomic E-state index is 13.0. The Kier molecular flexibility index (Phi) is 4.52. The molecular weight excluding hydrogens is 332 g/mol. The molecule has 0 N–H and O–H groups in total. The highest BCUT2D eigenvalue weighted by molar-refractivity contribution is 5.96. The number of carbonyl (C=O) groups excluding carboxylic acids is 3. The number of fused-ring (bicyclic) bond motifs is 2. The van der Waals surface area contributed by atoms with Crippen LogP contribution in [-0.2, 0) is 23.9 Å². The second kappa shape index (κ2) is 6.07. The van der Waals surface area contributed by atoms with E-state index >= 15 is 0 Å². The van der Waals surface area contributed by atoms with Gasteiger partial charge in [0.1, 0.15) is 0 Å². The first kappa shape index (κ1) is 19.4. The van der Waals surface area contributed by atoms with E-state index in [4.69, 9.17) is 9.47 Å². The number of Topliss-reactive ketones (excluding diaryl/α,β-unsaturated/α-hetero) is 1. The van der Waals surface area contributed by atoms with Gasteiger partial charge in [-0.2, -0.15) is 0 Å². The van der Waals surface area contributed by atoms with Crippen molar-refractivity contribution in [3.8, 4) is 0 Å². The second-order valence-electron chi connectivity index (χ2n) is 9.49. The minimum Gasteiger partial charge on any atom is -0.451 e. The molecule has 3 rings (SSSR count). The third-order valence-corrected chi connectivity index (χ3v) is 7.84. The van der Waals surface area contributed by atoms with Gasteiger partial charge >= 0.3 is 11.9 Å². The van der Waals surface area contributed by atoms with E-state index in [1.165, 1.54) is 0 Å². The molecule has 0 aromatic rings. The van der Waals surface area contributed by atoms with Gasteiger partial charge in [0.25, 0.3) is 0 Å². The van der Waals surface area contributed by atoms with Crippen molar-refractivity contribution in [2.45, 2.75) is 97.7 Å². The zero-order valence-corrected chi connectivity index (χ0v) is 16.8. The van der Waals surface area contributed by atoms with Crippen molar-refractivity contribution in [3.63, 3.8) is 0 Å². The number of unbranched alkanes of at least 4 members (excludes halogenated alkanes) is 2. The van der Waals surface area contributed by atoms with Crippen molar-refractivity contribution in [1.82, 2.24) is 0 Å². The molecule has 1 aliphatic heterocycles. The molecule has 0 aromatic heterocycles. The zero-order chi connectivity index (χ0) is 19.4. The number of hydrogen-bond acceptors (Lipinski definition) is 5. The topological polar surface area (TPSA) is 69.7 Å². The fraction of sp³-hybridized carbons (Fsp3) is 0.857.